The van der Waals surface area contributed by atoms with Crippen LogP contribution in [0.3, 0.4) is 0 Å². The molecule has 0 aromatic heterocycles. The van der Waals surface area contributed by atoms with Crippen LogP contribution >= 0.6 is 0 Å². The Morgan fingerprint density at radius 2 is 1.83 bits per heavy atom. The Balaban J connectivity index is 1.61. The van der Waals surface area contributed by atoms with Crippen molar-refractivity contribution in [2.24, 2.45) is 0 Å². The van der Waals surface area contributed by atoms with Crippen molar-refractivity contribution in [3.05, 3.63) is 30.3 Å². The second-order valence-corrected chi connectivity index (χ2v) is 8.42. The maximum Gasteiger partial charge on any atom is 0.260 e. The second kappa shape index (κ2) is 6.08. The number of benzene rings is 1. The minimum absolute atomic E-state index is 0.0848. The van der Waals surface area contributed by atoms with E-state index < -0.39 is 20.5 Å². The monoisotopic (exact) mass is 352 g/mol. The van der Waals surface area contributed by atoms with Crippen molar-refractivity contribution < 1.29 is 22.7 Å². The maximum atomic E-state index is 12.4. The second-order valence-electron chi connectivity index (χ2n) is 6.14. The lowest BCUT2D eigenvalue weighted by molar-refractivity contribution is -0.136. The largest absolute Gasteiger partial charge is 0.484 e. The maximum absolute atomic E-state index is 12.4. The number of carbonyl (C=O) groups excluding carboxylic acids is 2. The molecule has 0 unspecified atom stereocenters. The number of likely N-dealkylation sites (tertiary alicyclic amines) is 1. The van der Waals surface area contributed by atoms with Crippen LogP contribution in [0.5, 0.6) is 5.75 Å². The van der Waals surface area contributed by atoms with E-state index in [2.05, 4.69) is 0 Å². The van der Waals surface area contributed by atoms with Crippen molar-refractivity contribution in [3.63, 3.8) is 0 Å². The number of sulfone groups is 1. The third-order valence-corrected chi connectivity index (χ3v) is 7.35. The minimum Gasteiger partial charge on any atom is -0.484 e. The molecule has 0 saturated carbocycles. The van der Waals surface area contributed by atoms with E-state index in [-0.39, 0.29) is 31.3 Å². The summed E-state index contributed by atoms with van der Waals surface area (Å²) >= 11 is 0. The summed E-state index contributed by atoms with van der Waals surface area (Å²) in [6.07, 6.45) is 0.489. The highest BCUT2D eigenvalue weighted by Gasteiger charge is 2.57. The van der Waals surface area contributed by atoms with Gasteiger partial charge in [0.05, 0.1) is 0 Å². The summed E-state index contributed by atoms with van der Waals surface area (Å²) in [5.41, 5.74) is 0. The molecule has 1 aromatic rings. The third-order valence-electron chi connectivity index (χ3n) is 4.88. The van der Waals surface area contributed by atoms with Gasteiger partial charge in [0.1, 0.15) is 16.4 Å². The fourth-order valence-electron chi connectivity index (χ4n) is 3.33. The van der Waals surface area contributed by atoms with E-state index in [9.17, 15) is 18.0 Å². The quantitative estimate of drug-likeness (QED) is 0.780. The van der Waals surface area contributed by atoms with Crippen LogP contribution in [-0.2, 0) is 19.4 Å². The molecule has 0 N–H and O–H groups in total. The molecule has 8 heteroatoms. The molecule has 130 valence electrons. The zero-order valence-corrected chi connectivity index (χ0v) is 14.3. The molecule has 24 heavy (non-hydrogen) atoms. The van der Waals surface area contributed by atoms with E-state index >= 15 is 0 Å². The number of nitrogens with zero attached hydrogens (tertiary/aromatic N) is 2. The van der Waals surface area contributed by atoms with Crippen LogP contribution < -0.4 is 4.74 Å². The molecule has 2 saturated heterocycles. The van der Waals surface area contributed by atoms with Gasteiger partial charge in [0.2, 0.25) is 5.91 Å². The van der Waals surface area contributed by atoms with Gasteiger partial charge < -0.3 is 14.5 Å². The van der Waals surface area contributed by atoms with Crippen LogP contribution in [0.1, 0.15) is 12.8 Å². The number of ether oxygens (including phenoxy) is 1. The highest BCUT2D eigenvalue weighted by Crippen LogP contribution is 2.38. The molecule has 2 amide bonds. The number of rotatable bonds is 3. The molecular formula is C16H20N2O5S. The van der Waals surface area contributed by atoms with Crippen LogP contribution in [0.15, 0.2) is 30.3 Å². The lowest BCUT2D eigenvalue weighted by atomic mass is 10.0. The highest BCUT2D eigenvalue weighted by molar-refractivity contribution is 7.93. The molecule has 0 bridgehead atoms. The molecule has 0 radical (unpaired) electrons. The first-order valence-electron chi connectivity index (χ1n) is 7.80. The summed E-state index contributed by atoms with van der Waals surface area (Å²) < 4.78 is 30.2. The standard InChI is InChI=1S/C16H20N2O5S/c1-17-15(20)12-24(21,22)16(17)7-9-18(10-8-16)14(19)11-23-13-5-3-2-4-6-13/h2-6H,7-12H2,1H3. The summed E-state index contributed by atoms with van der Waals surface area (Å²) in [5, 5.41) is 0. The van der Waals surface area contributed by atoms with E-state index in [4.69, 9.17) is 4.74 Å². The Morgan fingerprint density at radius 1 is 1.21 bits per heavy atom. The molecule has 0 aliphatic carbocycles. The van der Waals surface area contributed by atoms with E-state index in [1.54, 1.807) is 17.0 Å². The van der Waals surface area contributed by atoms with Gasteiger partial charge in [-0.05, 0) is 12.1 Å². The Labute approximate surface area is 141 Å². The van der Waals surface area contributed by atoms with Crippen LogP contribution in [0.2, 0.25) is 0 Å². The summed E-state index contributed by atoms with van der Waals surface area (Å²) in [4.78, 5) is 25.8. The third kappa shape index (κ3) is 2.75. The Morgan fingerprint density at radius 3 is 2.38 bits per heavy atom. The molecule has 2 heterocycles. The molecule has 1 spiro atoms. The zero-order valence-electron chi connectivity index (χ0n) is 13.5. The van der Waals surface area contributed by atoms with Gasteiger partial charge in [-0.3, -0.25) is 9.59 Å². The van der Waals surface area contributed by atoms with Gasteiger partial charge in [0.15, 0.2) is 16.4 Å². The van der Waals surface area contributed by atoms with Gasteiger partial charge >= 0.3 is 0 Å². The topological polar surface area (TPSA) is 84.0 Å². The van der Waals surface area contributed by atoms with Crippen LogP contribution in [0.25, 0.3) is 0 Å². The van der Waals surface area contributed by atoms with Crippen molar-refractivity contribution in [2.45, 2.75) is 17.7 Å². The molecule has 0 atom stereocenters. The van der Waals surface area contributed by atoms with Crippen LogP contribution in [-0.4, -0.2) is 67.4 Å². The molecule has 2 aliphatic rings. The molecule has 3 rings (SSSR count). The number of carbonyl (C=O) groups is 2. The summed E-state index contributed by atoms with van der Waals surface area (Å²) in [6.45, 7) is 0.514. The lowest BCUT2D eigenvalue weighted by Gasteiger charge is -2.41. The molecule has 7 nitrogen and oxygen atoms in total. The van der Waals surface area contributed by atoms with E-state index in [0.717, 1.165) is 0 Å². The predicted molar refractivity (Wildman–Crippen MR) is 87.0 cm³/mol. The van der Waals surface area contributed by atoms with Crippen LogP contribution in [0, 0.1) is 0 Å². The van der Waals surface area contributed by atoms with Gasteiger partial charge in [0, 0.05) is 33.0 Å². The van der Waals surface area contributed by atoms with Gasteiger partial charge in [-0.1, -0.05) is 18.2 Å². The minimum atomic E-state index is -3.51. The van der Waals surface area contributed by atoms with Crippen molar-refractivity contribution in [1.82, 2.24) is 9.80 Å². The van der Waals surface area contributed by atoms with E-state index in [1.165, 1.54) is 11.9 Å². The zero-order chi connectivity index (χ0) is 17.4. The first kappa shape index (κ1) is 16.8. The molecular weight excluding hydrogens is 332 g/mol. The Hall–Kier alpha value is -2.09. The molecule has 2 aliphatic heterocycles. The van der Waals surface area contributed by atoms with Crippen molar-refractivity contribution in [1.29, 1.82) is 0 Å². The highest BCUT2D eigenvalue weighted by atomic mass is 32.2. The molecule has 1 aromatic carbocycles. The average molecular weight is 352 g/mol. The van der Waals surface area contributed by atoms with Crippen molar-refractivity contribution in [2.75, 3.05) is 32.5 Å². The Bertz CT molecular complexity index is 739. The number of hydrogen-bond acceptors (Lipinski definition) is 5. The fourth-order valence-corrected chi connectivity index (χ4v) is 5.45. The fraction of sp³-hybridized carbons (Fsp3) is 0.500. The molecule has 2 fully saturated rings. The van der Waals surface area contributed by atoms with E-state index in [0.29, 0.717) is 18.8 Å². The van der Waals surface area contributed by atoms with Crippen LogP contribution in [0.4, 0.5) is 0 Å². The number of hydrogen-bond donors (Lipinski definition) is 0. The number of piperidine rings is 1. The van der Waals surface area contributed by atoms with Crippen molar-refractivity contribution >= 4 is 21.7 Å². The SMILES string of the molecule is CN1C(=O)CS(=O)(=O)C12CCN(C(=O)COc1ccccc1)CC2. The smallest absolute Gasteiger partial charge is 0.260 e. The number of para-hydroxylation sites is 1. The first-order chi connectivity index (χ1) is 11.4. The first-order valence-corrected chi connectivity index (χ1v) is 9.45. The van der Waals surface area contributed by atoms with Gasteiger partial charge in [-0.15, -0.1) is 0 Å². The van der Waals surface area contributed by atoms with Crippen molar-refractivity contribution in [3.8, 4) is 5.75 Å². The number of amides is 2. The Kier molecular flexibility index (Phi) is 4.25. The average Bonchev–Trinajstić information content (AvgIpc) is 2.74. The van der Waals surface area contributed by atoms with Gasteiger partial charge in [-0.2, -0.15) is 0 Å². The summed E-state index contributed by atoms with van der Waals surface area (Å²) in [7, 11) is -1.97. The lowest BCUT2D eigenvalue weighted by Crippen LogP contribution is -2.56. The van der Waals surface area contributed by atoms with Gasteiger partial charge in [-0.25, -0.2) is 8.42 Å². The predicted octanol–water partition coefficient (Wildman–Crippen LogP) is 0.271. The summed E-state index contributed by atoms with van der Waals surface area (Å²) in [6, 6.07) is 9.04. The normalized spacial score (nSPS) is 22.0. The van der Waals surface area contributed by atoms with E-state index in [1.807, 2.05) is 18.2 Å². The summed E-state index contributed by atoms with van der Waals surface area (Å²) in [5.74, 6) is -0.377. The van der Waals surface area contributed by atoms with Gasteiger partial charge in [0.25, 0.3) is 5.91 Å².